The summed E-state index contributed by atoms with van der Waals surface area (Å²) >= 11 is 0. The van der Waals surface area contributed by atoms with E-state index in [1.807, 2.05) is 16.8 Å². The van der Waals surface area contributed by atoms with Crippen molar-refractivity contribution in [1.82, 2.24) is 14.4 Å². The first-order valence-electron chi connectivity index (χ1n) is 5.86. The predicted molar refractivity (Wildman–Crippen MR) is 59.9 cm³/mol. The first kappa shape index (κ1) is 9.41. The Bertz CT molecular complexity index is 554. The summed E-state index contributed by atoms with van der Waals surface area (Å²) in [6, 6.07) is 0. The molecule has 88 valence electrons. The summed E-state index contributed by atoms with van der Waals surface area (Å²) in [6.07, 6.45) is 10.00. The number of hydrogen-bond donors (Lipinski definition) is 0. The number of aromatic nitrogens is 3. The van der Waals surface area contributed by atoms with Gasteiger partial charge in [-0.2, -0.15) is 0 Å². The summed E-state index contributed by atoms with van der Waals surface area (Å²) in [5, 5.41) is 0. The van der Waals surface area contributed by atoms with Gasteiger partial charge in [0.15, 0.2) is 5.65 Å². The van der Waals surface area contributed by atoms with E-state index in [9.17, 15) is 0 Å². The molecule has 2 aromatic heterocycles. The Morgan fingerprint density at radius 3 is 3.24 bits per heavy atom. The molecule has 5 rings (SSSR count). The third-order valence-electron chi connectivity index (χ3n) is 3.73. The lowest BCUT2D eigenvalue weighted by Crippen LogP contribution is -2.38. The van der Waals surface area contributed by atoms with Crippen molar-refractivity contribution in [2.24, 2.45) is 5.41 Å². The molecular weight excluding hydrogens is 218 g/mol. The van der Waals surface area contributed by atoms with Crippen LogP contribution in [0.15, 0.2) is 24.8 Å². The minimum absolute atomic E-state index is 0.260. The van der Waals surface area contributed by atoms with Gasteiger partial charge in [0.2, 0.25) is 5.88 Å². The van der Waals surface area contributed by atoms with E-state index in [2.05, 4.69) is 9.97 Å². The molecule has 0 unspecified atom stereocenters. The van der Waals surface area contributed by atoms with E-state index >= 15 is 0 Å². The summed E-state index contributed by atoms with van der Waals surface area (Å²) in [4.78, 5) is 8.39. The summed E-state index contributed by atoms with van der Waals surface area (Å²) in [6.45, 7) is 1.54. The zero-order chi connectivity index (χ0) is 11.3. The van der Waals surface area contributed by atoms with Crippen molar-refractivity contribution in [3.8, 4) is 5.88 Å². The maximum Gasteiger partial charge on any atom is 0.230 e. The molecule has 2 saturated heterocycles. The second-order valence-electron chi connectivity index (χ2n) is 5.05. The second kappa shape index (κ2) is 3.20. The normalized spacial score (nSPS) is 30.5. The monoisotopic (exact) mass is 231 g/mol. The van der Waals surface area contributed by atoms with Crippen LogP contribution in [0.1, 0.15) is 12.8 Å². The van der Waals surface area contributed by atoms with Crippen LogP contribution in [0.25, 0.3) is 5.65 Å². The molecule has 0 N–H and O–H groups in total. The Morgan fingerprint density at radius 1 is 1.47 bits per heavy atom. The number of rotatable bonds is 3. The standard InChI is InChI=1S/C12H13N3O2/c1-2-15-6-11(14-5-10(15)13-1)17-8-12-3-9(4-12)16-7-12/h1-2,5-6,9H,3-4,7-8H2. The largest absolute Gasteiger partial charge is 0.476 e. The van der Waals surface area contributed by atoms with Gasteiger partial charge in [0.1, 0.15) is 0 Å². The van der Waals surface area contributed by atoms with Crippen molar-refractivity contribution in [3.63, 3.8) is 0 Å². The highest BCUT2D eigenvalue weighted by atomic mass is 16.5. The number of fused-ring (bicyclic) bond motifs is 2. The van der Waals surface area contributed by atoms with Crippen LogP contribution < -0.4 is 4.74 Å². The fourth-order valence-electron chi connectivity index (χ4n) is 2.70. The minimum Gasteiger partial charge on any atom is -0.476 e. The fraction of sp³-hybridized carbons (Fsp3) is 0.500. The van der Waals surface area contributed by atoms with Crippen LogP contribution in [0.3, 0.4) is 0 Å². The fourth-order valence-corrected chi connectivity index (χ4v) is 2.70. The zero-order valence-electron chi connectivity index (χ0n) is 9.37. The Hall–Kier alpha value is -1.62. The van der Waals surface area contributed by atoms with Crippen molar-refractivity contribution in [1.29, 1.82) is 0 Å². The highest BCUT2D eigenvalue weighted by Gasteiger charge is 2.52. The van der Waals surface area contributed by atoms with Crippen LogP contribution >= 0.6 is 0 Å². The van der Waals surface area contributed by atoms with E-state index in [0.29, 0.717) is 18.6 Å². The molecule has 17 heavy (non-hydrogen) atoms. The average molecular weight is 231 g/mol. The van der Waals surface area contributed by atoms with Crippen molar-refractivity contribution < 1.29 is 9.47 Å². The summed E-state index contributed by atoms with van der Waals surface area (Å²) in [7, 11) is 0. The predicted octanol–water partition coefficient (Wildman–Crippen LogP) is 1.29. The molecule has 3 aliphatic rings. The molecule has 0 radical (unpaired) electrons. The van der Waals surface area contributed by atoms with Gasteiger partial charge in [-0.3, -0.25) is 0 Å². The molecule has 0 spiro atoms. The molecule has 5 nitrogen and oxygen atoms in total. The topological polar surface area (TPSA) is 48.7 Å². The lowest BCUT2D eigenvalue weighted by molar-refractivity contribution is 0.0802. The van der Waals surface area contributed by atoms with Crippen LogP contribution in [0.2, 0.25) is 0 Å². The maximum absolute atomic E-state index is 5.77. The number of nitrogens with zero attached hydrogens (tertiary/aromatic N) is 3. The quantitative estimate of drug-likeness (QED) is 0.798. The van der Waals surface area contributed by atoms with Gasteiger partial charge in [-0.1, -0.05) is 0 Å². The Morgan fingerprint density at radius 2 is 2.41 bits per heavy atom. The molecule has 4 heterocycles. The van der Waals surface area contributed by atoms with E-state index in [0.717, 1.165) is 25.1 Å². The molecule has 2 aliphatic heterocycles. The summed E-state index contributed by atoms with van der Waals surface area (Å²) in [5.74, 6) is 0.653. The van der Waals surface area contributed by atoms with Gasteiger partial charge < -0.3 is 13.9 Å². The molecular formula is C12H13N3O2. The van der Waals surface area contributed by atoms with E-state index in [4.69, 9.17) is 9.47 Å². The molecule has 0 atom stereocenters. The molecule has 0 amide bonds. The second-order valence-corrected chi connectivity index (χ2v) is 5.05. The van der Waals surface area contributed by atoms with Crippen LogP contribution in [0.4, 0.5) is 0 Å². The van der Waals surface area contributed by atoms with Crippen molar-refractivity contribution in [2.75, 3.05) is 13.2 Å². The van der Waals surface area contributed by atoms with Gasteiger partial charge in [0, 0.05) is 17.8 Å². The average Bonchev–Trinajstić information content (AvgIpc) is 3.00. The van der Waals surface area contributed by atoms with E-state index < -0.39 is 0 Å². The molecule has 0 aromatic carbocycles. The SMILES string of the molecule is c1cn2cc(OCC34COC(C3)C4)ncc2n1. The van der Waals surface area contributed by atoms with Gasteiger partial charge in [0.25, 0.3) is 0 Å². The number of ether oxygens (including phenoxy) is 2. The molecule has 1 aliphatic carbocycles. The van der Waals surface area contributed by atoms with Crippen LogP contribution in [0.5, 0.6) is 5.88 Å². The Kier molecular flexibility index (Phi) is 1.77. The zero-order valence-corrected chi connectivity index (χ0v) is 9.37. The summed E-state index contributed by atoms with van der Waals surface area (Å²) < 4.78 is 13.2. The molecule has 5 heteroatoms. The Balaban J connectivity index is 1.51. The van der Waals surface area contributed by atoms with Gasteiger partial charge >= 0.3 is 0 Å². The van der Waals surface area contributed by atoms with Crippen LogP contribution in [-0.2, 0) is 4.74 Å². The highest BCUT2D eigenvalue weighted by molar-refractivity contribution is 5.35. The van der Waals surface area contributed by atoms with Crippen molar-refractivity contribution in [3.05, 3.63) is 24.8 Å². The van der Waals surface area contributed by atoms with Gasteiger partial charge in [0.05, 0.1) is 31.7 Å². The van der Waals surface area contributed by atoms with Gasteiger partial charge in [-0.25, -0.2) is 9.97 Å². The van der Waals surface area contributed by atoms with Gasteiger partial charge in [-0.05, 0) is 12.8 Å². The lowest BCUT2D eigenvalue weighted by atomic mass is 9.71. The van der Waals surface area contributed by atoms with Crippen LogP contribution in [-0.4, -0.2) is 33.7 Å². The number of hydrogen-bond acceptors (Lipinski definition) is 4. The van der Waals surface area contributed by atoms with E-state index in [1.165, 1.54) is 0 Å². The third-order valence-corrected chi connectivity index (χ3v) is 3.73. The number of imidazole rings is 1. The highest BCUT2D eigenvalue weighted by Crippen LogP contribution is 2.49. The molecule has 2 bridgehead atoms. The minimum atomic E-state index is 0.260. The lowest BCUT2D eigenvalue weighted by Gasteiger charge is -2.34. The molecule has 3 fully saturated rings. The molecule has 2 aromatic rings. The maximum atomic E-state index is 5.77. The van der Waals surface area contributed by atoms with Crippen LogP contribution in [0, 0.1) is 5.41 Å². The van der Waals surface area contributed by atoms with Gasteiger partial charge in [-0.15, -0.1) is 0 Å². The first-order chi connectivity index (χ1) is 8.33. The Labute approximate surface area is 98.4 Å². The van der Waals surface area contributed by atoms with E-state index in [-0.39, 0.29) is 5.41 Å². The summed E-state index contributed by atoms with van der Waals surface area (Å²) in [5.41, 5.74) is 1.10. The van der Waals surface area contributed by atoms with Crippen molar-refractivity contribution >= 4 is 5.65 Å². The van der Waals surface area contributed by atoms with Crippen molar-refractivity contribution in [2.45, 2.75) is 18.9 Å². The molecule has 1 saturated carbocycles. The smallest absolute Gasteiger partial charge is 0.230 e. The third kappa shape index (κ3) is 1.42. The van der Waals surface area contributed by atoms with E-state index in [1.54, 1.807) is 12.4 Å². The first-order valence-corrected chi connectivity index (χ1v) is 5.86.